The van der Waals surface area contributed by atoms with Gasteiger partial charge in [-0.25, -0.2) is 0 Å². The fourth-order valence-corrected chi connectivity index (χ4v) is 2.88. The average Bonchev–Trinajstić information content (AvgIpc) is 2.65. The molecule has 0 saturated carbocycles. The minimum Gasteiger partial charge on any atom is -0.388 e. The first-order valence-corrected chi connectivity index (χ1v) is 6.72. The monoisotopic (exact) mass is 287 g/mol. The molecule has 0 aliphatic carbocycles. The van der Waals surface area contributed by atoms with E-state index in [1.807, 2.05) is 18.7 Å². The fourth-order valence-electron chi connectivity index (χ4n) is 2.88. The Morgan fingerprint density at radius 1 is 1.25 bits per heavy atom. The van der Waals surface area contributed by atoms with Crippen LogP contribution in [0.15, 0.2) is 18.2 Å². The zero-order valence-electron chi connectivity index (χ0n) is 12.1. The van der Waals surface area contributed by atoms with Crippen LogP contribution in [-0.4, -0.2) is 22.8 Å². The molecule has 1 aliphatic heterocycles. The molecule has 1 atom stereocenters. The lowest BCUT2D eigenvalue weighted by Gasteiger charge is -2.38. The molecular formula is C15H20F3NO. The zero-order valence-corrected chi connectivity index (χ0v) is 12.1. The quantitative estimate of drug-likeness (QED) is 0.898. The van der Waals surface area contributed by atoms with Crippen molar-refractivity contribution in [1.29, 1.82) is 0 Å². The van der Waals surface area contributed by atoms with Gasteiger partial charge in [0, 0.05) is 11.7 Å². The van der Waals surface area contributed by atoms with E-state index in [0.717, 1.165) is 11.8 Å². The summed E-state index contributed by atoms with van der Waals surface area (Å²) in [5.74, 6) is 0. The van der Waals surface area contributed by atoms with Crippen molar-refractivity contribution < 1.29 is 18.3 Å². The number of halogens is 3. The Kier molecular flexibility index (Phi) is 3.53. The first-order chi connectivity index (χ1) is 9.01. The van der Waals surface area contributed by atoms with Gasteiger partial charge >= 0.3 is 6.18 Å². The smallest absolute Gasteiger partial charge is 0.388 e. The van der Waals surface area contributed by atoms with Crippen molar-refractivity contribution in [2.45, 2.75) is 58.0 Å². The van der Waals surface area contributed by atoms with E-state index < -0.39 is 17.3 Å². The summed E-state index contributed by atoms with van der Waals surface area (Å²) in [4.78, 5) is 2.01. The molecule has 1 aliphatic rings. The Labute approximate surface area is 117 Å². The highest BCUT2D eigenvalue weighted by Gasteiger charge is 2.41. The van der Waals surface area contributed by atoms with Crippen LogP contribution in [0, 0.1) is 0 Å². The number of benzene rings is 1. The molecule has 0 aromatic heterocycles. The molecule has 20 heavy (non-hydrogen) atoms. The second-order valence-electron chi connectivity index (χ2n) is 6.22. The summed E-state index contributed by atoms with van der Waals surface area (Å²) < 4.78 is 38.3. The standard InChI is InChI=1S/C15H20F3NO/c1-9(2)19-12-6-5-11(15(16,17)18)7-10(12)8-13(19)14(3,4)20/h5-7,9,13,20H,8H2,1-4H3. The Morgan fingerprint density at radius 3 is 2.30 bits per heavy atom. The summed E-state index contributed by atoms with van der Waals surface area (Å²) >= 11 is 0. The van der Waals surface area contributed by atoms with E-state index in [0.29, 0.717) is 12.0 Å². The summed E-state index contributed by atoms with van der Waals surface area (Å²) in [5.41, 5.74) is -0.154. The summed E-state index contributed by atoms with van der Waals surface area (Å²) in [5, 5.41) is 10.3. The lowest BCUT2D eigenvalue weighted by molar-refractivity contribution is -0.137. The van der Waals surface area contributed by atoms with E-state index in [-0.39, 0.29) is 12.1 Å². The van der Waals surface area contributed by atoms with Crippen LogP contribution >= 0.6 is 0 Å². The number of anilines is 1. The molecule has 0 amide bonds. The first kappa shape index (κ1) is 15.2. The summed E-state index contributed by atoms with van der Waals surface area (Å²) in [6.07, 6.45) is -3.90. The van der Waals surface area contributed by atoms with Crippen molar-refractivity contribution in [3.8, 4) is 0 Å². The van der Waals surface area contributed by atoms with Crippen molar-refractivity contribution >= 4 is 5.69 Å². The van der Waals surface area contributed by atoms with Crippen molar-refractivity contribution in [3.63, 3.8) is 0 Å². The Bertz CT molecular complexity index is 503. The molecule has 1 unspecified atom stereocenters. The molecule has 1 aromatic rings. The number of fused-ring (bicyclic) bond motifs is 1. The zero-order chi connectivity index (χ0) is 15.3. The highest BCUT2D eigenvalue weighted by atomic mass is 19.4. The van der Waals surface area contributed by atoms with Gasteiger partial charge in [0.05, 0.1) is 17.2 Å². The first-order valence-electron chi connectivity index (χ1n) is 6.72. The third-order valence-electron chi connectivity index (χ3n) is 3.81. The SMILES string of the molecule is CC(C)N1c2ccc(C(F)(F)F)cc2CC1C(C)(C)O. The molecule has 1 N–H and O–H groups in total. The fraction of sp³-hybridized carbons (Fsp3) is 0.600. The molecule has 2 rings (SSSR count). The van der Waals surface area contributed by atoms with Gasteiger partial charge in [-0.2, -0.15) is 13.2 Å². The number of rotatable bonds is 2. The van der Waals surface area contributed by atoms with Crippen LogP contribution in [0.25, 0.3) is 0 Å². The van der Waals surface area contributed by atoms with Crippen LogP contribution in [0.4, 0.5) is 18.9 Å². The average molecular weight is 287 g/mol. The lowest BCUT2D eigenvalue weighted by Crippen LogP contribution is -2.50. The number of hydrogen-bond acceptors (Lipinski definition) is 2. The molecule has 1 heterocycles. The summed E-state index contributed by atoms with van der Waals surface area (Å²) in [6, 6.07) is 3.74. The molecule has 112 valence electrons. The molecular weight excluding hydrogens is 267 g/mol. The van der Waals surface area contributed by atoms with E-state index >= 15 is 0 Å². The number of nitrogens with zero attached hydrogens (tertiary/aromatic N) is 1. The largest absolute Gasteiger partial charge is 0.416 e. The van der Waals surface area contributed by atoms with E-state index in [9.17, 15) is 18.3 Å². The molecule has 0 radical (unpaired) electrons. The van der Waals surface area contributed by atoms with Gasteiger partial charge < -0.3 is 10.0 Å². The number of aliphatic hydroxyl groups is 1. The van der Waals surface area contributed by atoms with Crippen LogP contribution in [0.2, 0.25) is 0 Å². The van der Waals surface area contributed by atoms with Crippen LogP contribution in [-0.2, 0) is 12.6 Å². The van der Waals surface area contributed by atoms with Gasteiger partial charge in [-0.1, -0.05) is 0 Å². The van der Waals surface area contributed by atoms with Gasteiger partial charge in [-0.15, -0.1) is 0 Å². The van der Waals surface area contributed by atoms with Gasteiger partial charge in [-0.3, -0.25) is 0 Å². The van der Waals surface area contributed by atoms with Gasteiger partial charge in [-0.05, 0) is 57.9 Å². The van der Waals surface area contributed by atoms with E-state index in [4.69, 9.17) is 0 Å². The third-order valence-corrected chi connectivity index (χ3v) is 3.81. The normalized spacial score (nSPS) is 19.6. The maximum Gasteiger partial charge on any atom is 0.416 e. The Hall–Kier alpha value is -1.23. The van der Waals surface area contributed by atoms with Gasteiger partial charge in [0.1, 0.15) is 0 Å². The summed E-state index contributed by atoms with van der Waals surface area (Å²) in [6.45, 7) is 7.35. The maximum absolute atomic E-state index is 12.8. The highest BCUT2D eigenvalue weighted by Crippen LogP contribution is 2.41. The second-order valence-corrected chi connectivity index (χ2v) is 6.22. The number of hydrogen-bond donors (Lipinski definition) is 1. The van der Waals surface area contributed by atoms with Crippen molar-refractivity contribution in [2.75, 3.05) is 4.90 Å². The third kappa shape index (κ3) is 2.64. The van der Waals surface area contributed by atoms with Gasteiger partial charge in [0.15, 0.2) is 0 Å². The highest BCUT2D eigenvalue weighted by molar-refractivity contribution is 5.62. The predicted molar refractivity (Wildman–Crippen MR) is 72.8 cm³/mol. The van der Waals surface area contributed by atoms with E-state index in [2.05, 4.69) is 0 Å². The topological polar surface area (TPSA) is 23.5 Å². The van der Waals surface area contributed by atoms with E-state index in [1.165, 1.54) is 12.1 Å². The Balaban J connectivity index is 2.46. The minimum atomic E-state index is -4.33. The molecule has 0 spiro atoms. The van der Waals surface area contributed by atoms with Crippen LogP contribution in [0.5, 0.6) is 0 Å². The molecule has 0 fully saturated rings. The van der Waals surface area contributed by atoms with E-state index in [1.54, 1.807) is 13.8 Å². The van der Waals surface area contributed by atoms with Crippen LogP contribution in [0.3, 0.4) is 0 Å². The number of alkyl halides is 3. The lowest BCUT2D eigenvalue weighted by atomic mass is 9.94. The van der Waals surface area contributed by atoms with Crippen molar-refractivity contribution in [1.82, 2.24) is 0 Å². The van der Waals surface area contributed by atoms with Crippen LogP contribution in [0.1, 0.15) is 38.8 Å². The molecule has 2 nitrogen and oxygen atoms in total. The molecule has 0 saturated heterocycles. The van der Waals surface area contributed by atoms with Gasteiger partial charge in [0.25, 0.3) is 0 Å². The molecule has 0 bridgehead atoms. The van der Waals surface area contributed by atoms with Crippen LogP contribution < -0.4 is 4.90 Å². The predicted octanol–water partition coefficient (Wildman–Crippen LogP) is 3.62. The minimum absolute atomic E-state index is 0.115. The maximum atomic E-state index is 12.8. The molecule has 5 heteroatoms. The summed E-state index contributed by atoms with van der Waals surface area (Å²) in [7, 11) is 0. The second kappa shape index (κ2) is 4.65. The van der Waals surface area contributed by atoms with Gasteiger partial charge in [0.2, 0.25) is 0 Å². The Morgan fingerprint density at radius 2 is 1.85 bits per heavy atom. The van der Waals surface area contributed by atoms with Crippen molar-refractivity contribution in [3.05, 3.63) is 29.3 Å². The van der Waals surface area contributed by atoms with Crippen molar-refractivity contribution in [2.24, 2.45) is 0 Å². The molecule has 1 aromatic carbocycles.